The van der Waals surface area contributed by atoms with Crippen molar-refractivity contribution in [3.63, 3.8) is 0 Å². The van der Waals surface area contributed by atoms with E-state index in [0.717, 1.165) is 21.7 Å². The molecule has 0 saturated heterocycles. The molecule has 0 unspecified atom stereocenters. The second-order valence-corrected chi connectivity index (χ2v) is 6.42. The zero-order chi connectivity index (χ0) is 15.5. The molecule has 3 aromatic heterocycles. The van der Waals surface area contributed by atoms with Gasteiger partial charge in [-0.3, -0.25) is 9.36 Å². The van der Waals surface area contributed by atoms with E-state index in [1.165, 1.54) is 11.3 Å². The van der Waals surface area contributed by atoms with Crippen molar-refractivity contribution in [2.45, 2.75) is 13.5 Å². The lowest BCUT2D eigenvalue weighted by Crippen LogP contribution is -2.22. The molecule has 0 aliphatic rings. The summed E-state index contributed by atoms with van der Waals surface area (Å²) in [4.78, 5) is 21.3. The van der Waals surface area contributed by atoms with E-state index >= 15 is 0 Å². The van der Waals surface area contributed by atoms with Crippen molar-refractivity contribution < 1.29 is 4.79 Å². The minimum Gasteiger partial charge on any atom is -0.347 e. The molecule has 0 radical (unpaired) electrons. The number of imidazole rings is 1. The summed E-state index contributed by atoms with van der Waals surface area (Å²) in [6.45, 7) is 2.37. The van der Waals surface area contributed by atoms with E-state index in [1.807, 2.05) is 41.3 Å². The molecule has 0 fully saturated rings. The van der Waals surface area contributed by atoms with Crippen LogP contribution in [0.1, 0.15) is 21.1 Å². The monoisotopic (exact) mass is 376 g/mol. The number of carbonyl (C=O) groups is 1. The van der Waals surface area contributed by atoms with Gasteiger partial charge in [-0.25, -0.2) is 9.97 Å². The molecule has 0 saturated carbocycles. The number of aryl methyl sites for hydroxylation is 1. The van der Waals surface area contributed by atoms with Crippen LogP contribution in [-0.2, 0) is 6.54 Å². The molecule has 5 nitrogen and oxygen atoms in total. The largest absolute Gasteiger partial charge is 0.347 e. The Hall–Kier alpha value is -1.99. The van der Waals surface area contributed by atoms with Crippen molar-refractivity contribution in [2.24, 2.45) is 0 Å². The highest BCUT2D eigenvalue weighted by molar-refractivity contribution is 9.10. The van der Waals surface area contributed by atoms with Crippen LogP contribution < -0.4 is 5.32 Å². The van der Waals surface area contributed by atoms with E-state index in [0.29, 0.717) is 11.4 Å². The Kier molecular flexibility index (Phi) is 4.35. The van der Waals surface area contributed by atoms with E-state index in [4.69, 9.17) is 0 Å². The second kappa shape index (κ2) is 6.41. The summed E-state index contributed by atoms with van der Waals surface area (Å²) in [5, 5.41) is 4.77. The van der Waals surface area contributed by atoms with Gasteiger partial charge in [-0.15, -0.1) is 11.3 Å². The van der Waals surface area contributed by atoms with Crippen molar-refractivity contribution in [2.75, 3.05) is 0 Å². The van der Waals surface area contributed by atoms with Crippen LogP contribution in [-0.4, -0.2) is 20.4 Å². The van der Waals surface area contributed by atoms with E-state index in [9.17, 15) is 4.79 Å². The highest BCUT2D eigenvalue weighted by atomic mass is 79.9. The molecular weight excluding hydrogens is 364 g/mol. The number of pyridine rings is 1. The fourth-order valence-electron chi connectivity index (χ4n) is 2.00. The molecule has 0 bridgehead atoms. The number of thiophene rings is 1. The summed E-state index contributed by atoms with van der Waals surface area (Å²) in [6, 6.07) is 5.73. The van der Waals surface area contributed by atoms with Crippen molar-refractivity contribution >= 4 is 33.2 Å². The molecule has 7 heteroatoms. The number of hydrogen-bond acceptors (Lipinski definition) is 4. The first-order chi connectivity index (χ1) is 10.6. The summed E-state index contributed by atoms with van der Waals surface area (Å²) in [6.07, 6.45) is 5.37. The number of carbonyl (C=O) groups excluding carboxylic acids is 1. The van der Waals surface area contributed by atoms with Gasteiger partial charge in [0.25, 0.3) is 5.91 Å². The standard InChI is InChI=1S/C15H13BrN4OS/c1-10-17-5-6-20(10)13-3-2-11(8-18-13)9-19-15(21)14-12(16)4-7-22-14/h2-8H,9H2,1H3,(H,19,21). The van der Waals surface area contributed by atoms with Crippen LogP contribution in [0.15, 0.2) is 46.6 Å². The first-order valence-electron chi connectivity index (χ1n) is 6.61. The quantitative estimate of drug-likeness (QED) is 0.759. The van der Waals surface area contributed by atoms with Gasteiger partial charge >= 0.3 is 0 Å². The Bertz CT molecular complexity index is 794. The van der Waals surface area contributed by atoms with Gasteiger partial charge in [0.15, 0.2) is 0 Å². The third-order valence-electron chi connectivity index (χ3n) is 3.16. The molecular formula is C15H13BrN4OS. The zero-order valence-electron chi connectivity index (χ0n) is 11.8. The number of hydrogen-bond donors (Lipinski definition) is 1. The molecule has 1 amide bonds. The summed E-state index contributed by atoms with van der Waals surface area (Å²) >= 11 is 4.77. The maximum atomic E-state index is 12.0. The van der Waals surface area contributed by atoms with E-state index in [2.05, 4.69) is 31.2 Å². The number of nitrogens with one attached hydrogen (secondary N) is 1. The molecule has 1 N–H and O–H groups in total. The molecule has 0 aliphatic carbocycles. The van der Waals surface area contributed by atoms with Gasteiger partial charge in [-0.1, -0.05) is 6.07 Å². The Morgan fingerprint density at radius 3 is 2.82 bits per heavy atom. The van der Waals surface area contributed by atoms with Gasteiger partial charge < -0.3 is 5.32 Å². The molecule has 3 aromatic rings. The van der Waals surface area contributed by atoms with Crippen LogP contribution >= 0.6 is 27.3 Å². The Balaban J connectivity index is 1.66. The Morgan fingerprint density at radius 1 is 1.36 bits per heavy atom. The molecule has 112 valence electrons. The molecule has 22 heavy (non-hydrogen) atoms. The van der Waals surface area contributed by atoms with Crippen molar-refractivity contribution in [3.8, 4) is 5.82 Å². The van der Waals surface area contributed by atoms with E-state index < -0.39 is 0 Å². The lowest BCUT2D eigenvalue weighted by Gasteiger charge is -2.07. The number of aromatic nitrogens is 3. The number of nitrogens with zero attached hydrogens (tertiary/aromatic N) is 3. The highest BCUT2D eigenvalue weighted by Crippen LogP contribution is 2.22. The van der Waals surface area contributed by atoms with Gasteiger partial charge in [0.1, 0.15) is 16.5 Å². The van der Waals surface area contributed by atoms with E-state index in [-0.39, 0.29) is 5.91 Å². The van der Waals surface area contributed by atoms with Crippen molar-refractivity contribution in [1.82, 2.24) is 19.9 Å². The van der Waals surface area contributed by atoms with Gasteiger partial charge in [0.05, 0.1) is 0 Å². The summed E-state index contributed by atoms with van der Waals surface area (Å²) in [7, 11) is 0. The first-order valence-corrected chi connectivity index (χ1v) is 8.29. The molecule has 0 spiro atoms. The van der Waals surface area contributed by atoms with Crippen LogP contribution in [0.5, 0.6) is 0 Å². The predicted octanol–water partition coefficient (Wildman–Crippen LogP) is 3.33. The van der Waals surface area contributed by atoms with Crippen LogP contribution in [0.2, 0.25) is 0 Å². The normalized spacial score (nSPS) is 10.6. The van der Waals surface area contributed by atoms with Crippen LogP contribution in [0.4, 0.5) is 0 Å². The van der Waals surface area contributed by atoms with E-state index in [1.54, 1.807) is 12.4 Å². The van der Waals surface area contributed by atoms with Crippen LogP contribution in [0, 0.1) is 6.92 Å². The molecule has 3 rings (SSSR count). The third kappa shape index (κ3) is 3.10. The fraction of sp³-hybridized carbons (Fsp3) is 0.133. The predicted molar refractivity (Wildman–Crippen MR) is 89.3 cm³/mol. The molecule has 3 heterocycles. The lowest BCUT2D eigenvalue weighted by atomic mass is 10.2. The average Bonchev–Trinajstić information content (AvgIpc) is 3.14. The number of rotatable bonds is 4. The van der Waals surface area contributed by atoms with Gasteiger partial charge in [0.2, 0.25) is 0 Å². The van der Waals surface area contributed by atoms with Gasteiger partial charge in [0, 0.05) is 29.6 Å². The van der Waals surface area contributed by atoms with Crippen LogP contribution in [0.25, 0.3) is 5.82 Å². The molecule has 0 atom stereocenters. The first kappa shape index (κ1) is 14.9. The maximum Gasteiger partial charge on any atom is 0.262 e. The topological polar surface area (TPSA) is 59.8 Å². The highest BCUT2D eigenvalue weighted by Gasteiger charge is 2.11. The summed E-state index contributed by atoms with van der Waals surface area (Å²) in [5.74, 6) is 1.61. The maximum absolute atomic E-state index is 12.0. The minimum absolute atomic E-state index is 0.0867. The lowest BCUT2D eigenvalue weighted by molar-refractivity contribution is 0.0954. The van der Waals surface area contributed by atoms with Crippen LogP contribution in [0.3, 0.4) is 0 Å². The van der Waals surface area contributed by atoms with Gasteiger partial charge in [-0.2, -0.15) is 0 Å². The minimum atomic E-state index is -0.0867. The van der Waals surface area contributed by atoms with Crippen molar-refractivity contribution in [1.29, 1.82) is 0 Å². The van der Waals surface area contributed by atoms with Crippen molar-refractivity contribution in [3.05, 3.63) is 62.9 Å². The Labute approximate surface area is 140 Å². The second-order valence-electron chi connectivity index (χ2n) is 4.65. The van der Waals surface area contributed by atoms with Gasteiger partial charge in [-0.05, 0) is 45.9 Å². The number of amides is 1. The number of halogens is 1. The smallest absolute Gasteiger partial charge is 0.262 e. The fourth-order valence-corrected chi connectivity index (χ4v) is 3.47. The molecule has 0 aromatic carbocycles. The Morgan fingerprint density at radius 2 is 2.23 bits per heavy atom. The zero-order valence-corrected chi connectivity index (χ0v) is 14.2. The third-order valence-corrected chi connectivity index (χ3v) is 4.99. The SMILES string of the molecule is Cc1nccn1-c1ccc(CNC(=O)c2sccc2Br)cn1. The average molecular weight is 377 g/mol. The summed E-state index contributed by atoms with van der Waals surface area (Å²) < 4.78 is 2.73. The summed E-state index contributed by atoms with van der Waals surface area (Å²) in [5.41, 5.74) is 0.947. The molecule has 0 aliphatic heterocycles.